The molecule has 1 aliphatic carbocycles. The van der Waals surface area contributed by atoms with Crippen LogP contribution in [0.4, 0.5) is 11.4 Å². The van der Waals surface area contributed by atoms with Gasteiger partial charge in [-0.3, -0.25) is 11.0 Å². The number of hydrogen-bond acceptors (Lipinski definition) is 5. The van der Waals surface area contributed by atoms with Gasteiger partial charge in [0.2, 0.25) is 0 Å². The van der Waals surface area contributed by atoms with Crippen molar-refractivity contribution in [1.82, 2.24) is 4.90 Å². The van der Waals surface area contributed by atoms with Crippen LogP contribution in [-0.4, -0.2) is 49.6 Å². The molecule has 0 aromatic heterocycles. The number of para-hydroxylation sites is 2. The van der Waals surface area contributed by atoms with Crippen molar-refractivity contribution in [2.75, 3.05) is 31.6 Å². The third-order valence-corrected chi connectivity index (χ3v) is 5.87. The molecule has 1 N–H and O–H groups in total. The Labute approximate surface area is 189 Å². The molecule has 157 valence electrons. The van der Waals surface area contributed by atoms with E-state index in [-0.39, 0.29) is 35.3 Å². The van der Waals surface area contributed by atoms with Crippen LogP contribution in [0.2, 0.25) is 0 Å². The van der Waals surface area contributed by atoms with Gasteiger partial charge in [0.25, 0.3) is 0 Å². The first-order valence-corrected chi connectivity index (χ1v) is 10.6. The number of rotatable bonds is 5. The zero-order valence-corrected chi connectivity index (χ0v) is 18.4. The van der Waals surface area contributed by atoms with Crippen molar-refractivity contribution in [1.29, 1.82) is 0 Å². The number of nitrogens with zero attached hydrogens (tertiary/aromatic N) is 2. The molecule has 0 spiro atoms. The molecule has 0 amide bonds. The van der Waals surface area contributed by atoms with E-state index in [2.05, 4.69) is 58.7 Å². The summed E-state index contributed by atoms with van der Waals surface area (Å²) in [6.45, 7) is 5.39. The van der Waals surface area contributed by atoms with Crippen molar-refractivity contribution in [2.24, 2.45) is 10.9 Å². The average Bonchev–Trinajstić information content (AvgIpc) is 3.58. The second kappa shape index (κ2) is 9.52. The number of ether oxygens (including phenoxy) is 2. The van der Waals surface area contributed by atoms with Crippen LogP contribution < -0.4 is 10.1 Å². The molecule has 2 fully saturated rings. The molecule has 5 nitrogen and oxygen atoms in total. The van der Waals surface area contributed by atoms with Gasteiger partial charge in [-0.15, -0.1) is 5.69 Å². The Morgan fingerprint density at radius 2 is 2.07 bits per heavy atom. The quantitative estimate of drug-likeness (QED) is 0.429. The second-order valence-electron chi connectivity index (χ2n) is 8.16. The van der Waals surface area contributed by atoms with E-state index in [0.29, 0.717) is 12.5 Å². The van der Waals surface area contributed by atoms with E-state index in [4.69, 9.17) is 9.47 Å². The molecular weight excluding hydrogens is 417 g/mol. The molecule has 2 aromatic carbocycles. The predicted octanol–water partition coefficient (Wildman–Crippen LogP) is 4.11. The first-order chi connectivity index (χ1) is 14.3. The van der Waals surface area contributed by atoms with Crippen LogP contribution in [-0.2, 0) is 21.8 Å². The Kier molecular flexibility index (Phi) is 6.79. The third kappa shape index (κ3) is 4.73. The standard InChI is InChI=1S/C24H27N3O2.Mn/c1-17-15-27(12-13-28-17)22-16-29-23-9-5-2-6-19(23)24(22)26-21-8-4-3-7-20(21)25-14-18-10-11-18;/h2-6,8-9,17-18,22,24,26H,10-13,15-16H2,1H3;/q-2;+2/t17-,22+,24+;/m1./s1. The fraction of sp³-hybridized carbons (Fsp3) is 0.458. The third-order valence-electron chi connectivity index (χ3n) is 5.87. The Morgan fingerprint density at radius 1 is 1.20 bits per heavy atom. The van der Waals surface area contributed by atoms with Gasteiger partial charge in [0.1, 0.15) is 12.4 Å². The molecule has 0 unspecified atom stereocenters. The zero-order chi connectivity index (χ0) is 19.6. The van der Waals surface area contributed by atoms with Gasteiger partial charge in [0.05, 0.1) is 24.8 Å². The van der Waals surface area contributed by atoms with Gasteiger partial charge in [0.15, 0.2) is 0 Å². The van der Waals surface area contributed by atoms with Crippen molar-refractivity contribution < 1.29 is 26.5 Å². The Hall–Kier alpha value is -1.85. The summed E-state index contributed by atoms with van der Waals surface area (Å²) in [4.78, 5) is 7.10. The van der Waals surface area contributed by atoms with Gasteiger partial charge in [0, 0.05) is 18.7 Å². The fourth-order valence-electron chi connectivity index (χ4n) is 4.16. The number of nitrogens with one attached hydrogen (secondary N) is 1. The number of anilines is 1. The minimum absolute atomic E-state index is 0. The molecule has 3 aliphatic rings. The first kappa shape index (κ1) is 21.4. The summed E-state index contributed by atoms with van der Waals surface area (Å²) in [6, 6.07) is 17.9. The number of fused-ring (bicyclic) bond motifs is 1. The summed E-state index contributed by atoms with van der Waals surface area (Å²) in [7, 11) is 0. The van der Waals surface area contributed by atoms with E-state index in [1.165, 1.54) is 18.4 Å². The van der Waals surface area contributed by atoms with E-state index in [9.17, 15) is 0 Å². The minimum Gasteiger partial charge on any atom is -0.491 e. The molecule has 1 saturated carbocycles. The molecule has 2 heterocycles. The van der Waals surface area contributed by atoms with E-state index < -0.39 is 0 Å². The average molecular weight is 444 g/mol. The van der Waals surface area contributed by atoms with Crippen LogP contribution in [0.25, 0.3) is 0 Å². The van der Waals surface area contributed by atoms with Crippen LogP contribution in [0.3, 0.4) is 0 Å². The van der Waals surface area contributed by atoms with Gasteiger partial charge >= 0.3 is 17.1 Å². The van der Waals surface area contributed by atoms with Crippen molar-refractivity contribution in [3.63, 3.8) is 0 Å². The molecule has 0 bridgehead atoms. The second-order valence-corrected chi connectivity index (χ2v) is 8.16. The molecule has 5 rings (SSSR count). The minimum atomic E-state index is 0. The maximum atomic E-state index is 6.14. The number of aliphatic imine (C=N–C) groups is 1. The molecule has 2 aromatic rings. The summed E-state index contributed by atoms with van der Waals surface area (Å²) < 4.78 is 11.9. The molecule has 1 radical (unpaired) electrons. The predicted molar refractivity (Wildman–Crippen MR) is 114 cm³/mol. The summed E-state index contributed by atoms with van der Waals surface area (Å²) >= 11 is 0. The number of hydrogen-bond donors (Lipinski definition) is 1. The van der Waals surface area contributed by atoms with Crippen molar-refractivity contribution in [3.05, 3.63) is 54.1 Å². The van der Waals surface area contributed by atoms with Crippen LogP contribution in [0.1, 0.15) is 31.4 Å². The summed E-state index contributed by atoms with van der Waals surface area (Å²) in [6.07, 6.45) is 5.88. The van der Waals surface area contributed by atoms with Crippen molar-refractivity contribution in [3.8, 4) is 5.75 Å². The van der Waals surface area contributed by atoms with Gasteiger partial charge in [-0.05, 0) is 13.0 Å². The molecule has 2 aliphatic heterocycles. The van der Waals surface area contributed by atoms with Gasteiger partial charge in [-0.25, -0.2) is 0 Å². The van der Waals surface area contributed by atoms with Gasteiger partial charge < -0.3 is 19.8 Å². The molecular formula is C24H27MnN3O2. The smallest absolute Gasteiger partial charge is 0.491 e. The summed E-state index contributed by atoms with van der Waals surface area (Å²) in [5, 5.41) is 3.78. The molecule has 6 heteroatoms. The fourth-order valence-corrected chi connectivity index (χ4v) is 4.16. The zero-order valence-electron chi connectivity index (χ0n) is 17.2. The van der Waals surface area contributed by atoms with E-state index in [1.807, 2.05) is 18.2 Å². The summed E-state index contributed by atoms with van der Waals surface area (Å²) in [5.41, 5.74) is 3.01. The van der Waals surface area contributed by atoms with Crippen molar-refractivity contribution >= 4 is 17.6 Å². The van der Waals surface area contributed by atoms with E-state index in [0.717, 1.165) is 36.8 Å². The largest absolute Gasteiger partial charge is 2.00 e. The Balaban J connectivity index is 0.00000218. The van der Waals surface area contributed by atoms with Crippen LogP contribution >= 0.6 is 0 Å². The Morgan fingerprint density at radius 3 is 2.90 bits per heavy atom. The van der Waals surface area contributed by atoms with Crippen molar-refractivity contribution in [2.45, 2.75) is 38.0 Å². The first-order valence-electron chi connectivity index (χ1n) is 10.6. The van der Waals surface area contributed by atoms with Gasteiger partial charge in [-0.1, -0.05) is 37.0 Å². The number of benzene rings is 2. The molecule has 1 saturated heterocycles. The number of morpholine rings is 1. The monoisotopic (exact) mass is 444 g/mol. The molecule has 30 heavy (non-hydrogen) atoms. The SMILES string of the molecule is C[C@@H]1CN([C@H]2COc3ccccc3[C@@H]2Nc2ccc[c-]c2N=[C-]C2CC2)CCO1.[Mn+2]. The Bertz CT molecular complexity index is 886. The van der Waals surface area contributed by atoms with E-state index >= 15 is 0 Å². The topological polar surface area (TPSA) is 46.1 Å². The van der Waals surface area contributed by atoms with Gasteiger partial charge in [-0.2, -0.15) is 30.1 Å². The van der Waals surface area contributed by atoms with Crippen LogP contribution in [0.5, 0.6) is 5.75 Å². The van der Waals surface area contributed by atoms with Crippen LogP contribution in [0, 0.1) is 12.0 Å². The maximum Gasteiger partial charge on any atom is 2.00 e. The van der Waals surface area contributed by atoms with Crippen LogP contribution in [0.15, 0.2) is 47.5 Å². The normalized spacial score (nSPS) is 26.5. The maximum absolute atomic E-state index is 6.14. The molecule has 3 atom stereocenters. The van der Waals surface area contributed by atoms with E-state index in [1.54, 1.807) is 0 Å². The summed E-state index contributed by atoms with van der Waals surface area (Å²) in [5.74, 6) is 1.47.